The zero-order valence-electron chi connectivity index (χ0n) is 19.5. The fourth-order valence-electron chi connectivity index (χ4n) is 4.30. The number of hydrogen-bond acceptors (Lipinski definition) is 6. The van der Waals surface area contributed by atoms with Gasteiger partial charge in [-0.2, -0.15) is 0 Å². The lowest BCUT2D eigenvalue weighted by molar-refractivity contribution is 0.0303. The number of benzene rings is 2. The zero-order chi connectivity index (χ0) is 23.6. The van der Waals surface area contributed by atoms with Gasteiger partial charge in [0.1, 0.15) is 0 Å². The van der Waals surface area contributed by atoms with Gasteiger partial charge in [0.15, 0.2) is 0 Å². The Morgan fingerprint density at radius 2 is 1.61 bits per heavy atom. The Kier molecular flexibility index (Phi) is 6.92. The Bertz CT molecular complexity index is 1140. The third kappa shape index (κ3) is 5.15. The number of sulfonamides is 1. The highest BCUT2D eigenvalue weighted by atomic mass is 32.2. The summed E-state index contributed by atoms with van der Waals surface area (Å²) in [5, 5.41) is 3.32. The van der Waals surface area contributed by atoms with Crippen LogP contribution in [0.25, 0.3) is 0 Å². The van der Waals surface area contributed by atoms with Gasteiger partial charge in [-0.05, 0) is 61.7 Å². The Balaban J connectivity index is 1.72. The number of nitrogens with zero attached hydrogens (tertiary/aromatic N) is 2. The van der Waals surface area contributed by atoms with Gasteiger partial charge in [-0.15, -0.1) is 0 Å². The minimum Gasteiger partial charge on any atom is -0.378 e. The van der Waals surface area contributed by atoms with Gasteiger partial charge in [0, 0.05) is 44.8 Å². The van der Waals surface area contributed by atoms with Crippen LogP contribution >= 0.6 is 0 Å². The summed E-state index contributed by atoms with van der Waals surface area (Å²) >= 11 is 0. The largest absolute Gasteiger partial charge is 0.378 e. The lowest BCUT2D eigenvalue weighted by atomic mass is 10.1. The van der Waals surface area contributed by atoms with Crippen LogP contribution in [0.15, 0.2) is 35.2 Å². The topological polar surface area (TPSA) is 91.0 Å². The number of aryl methyl sites for hydroxylation is 3. The number of piperazine rings is 1. The van der Waals surface area contributed by atoms with Gasteiger partial charge in [-0.3, -0.25) is 9.52 Å². The number of hydrogen-bond donors (Lipinski definition) is 2. The van der Waals surface area contributed by atoms with Crippen molar-refractivity contribution in [2.45, 2.75) is 25.7 Å². The molecule has 33 heavy (non-hydrogen) atoms. The first-order chi connectivity index (χ1) is 15.8. The SMILES string of the molecule is Cc1cc(C)c(S(=O)(=O)Nc2cc(C(=O)N3CCOCC3)ccc2N2CCNCC2)cc1C. The molecule has 2 N–H and O–H groups in total. The molecule has 2 aliphatic heterocycles. The molecule has 178 valence electrons. The molecule has 9 heteroatoms. The van der Waals surface area contributed by atoms with Crippen LogP contribution in [0.1, 0.15) is 27.0 Å². The maximum absolute atomic E-state index is 13.4. The average Bonchev–Trinajstić information content (AvgIpc) is 2.81. The maximum atomic E-state index is 13.4. The molecule has 0 unspecified atom stereocenters. The smallest absolute Gasteiger partial charge is 0.262 e. The number of nitrogens with one attached hydrogen (secondary N) is 2. The average molecular weight is 473 g/mol. The Hall–Kier alpha value is -2.62. The molecule has 0 bridgehead atoms. The van der Waals surface area contributed by atoms with Crippen LogP contribution in [0.4, 0.5) is 11.4 Å². The summed E-state index contributed by atoms with van der Waals surface area (Å²) < 4.78 is 35.1. The van der Waals surface area contributed by atoms with Crippen LogP contribution in [0.2, 0.25) is 0 Å². The molecule has 2 aromatic carbocycles. The summed E-state index contributed by atoms with van der Waals surface area (Å²) in [4.78, 5) is 17.2. The van der Waals surface area contributed by atoms with Crippen molar-refractivity contribution in [2.75, 3.05) is 62.1 Å². The molecular formula is C24H32N4O4S. The number of amides is 1. The van der Waals surface area contributed by atoms with Gasteiger partial charge in [-0.1, -0.05) is 6.07 Å². The summed E-state index contributed by atoms with van der Waals surface area (Å²) in [5.41, 5.74) is 4.32. The highest BCUT2D eigenvalue weighted by Crippen LogP contribution is 2.31. The van der Waals surface area contributed by atoms with E-state index >= 15 is 0 Å². The maximum Gasteiger partial charge on any atom is 0.262 e. The number of carbonyl (C=O) groups excluding carboxylic acids is 1. The first-order valence-electron chi connectivity index (χ1n) is 11.3. The van der Waals surface area contributed by atoms with Gasteiger partial charge in [0.2, 0.25) is 0 Å². The van der Waals surface area contributed by atoms with E-state index in [1.54, 1.807) is 30.0 Å². The molecule has 0 atom stereocenters. The number of rotatable bonds is 5. The molecule has 0 aromatic heterocycles. The molecule has 8 nitrogen and oxygen atoms in total. The van der Waals surface area contributed by atoms with Crippen molar-refractivity contribution >= 4 is 27.3 Å². The summed E-state index contributed by atoms with van der Waals surface area (Å²) in [5.74, 6) is -0.118. The van der Waals surface area contributed by atoms with Crippen molar-refractivity contribution in [1.82, 2.24) is 10.2 Å². The van der Waals surface area contributed by atoms with Crippen molar-refractivity contribution < 1.29 is 17.9 Å². The van der Waals surface area contributed by atoms with E-state index in [0.717, 1.165) is 43.0 Å². The number of anilines is 2. The Morgan fingerprint density at radius 3 is 2.30 bits per heavy atom. The molecule has 2 saturated heterocycles. The Labute approximate surface area is 196 Å². The molecule has 2 fully saturated rings. The van der Waals surface area contributed by atoms with Crippen molar-refractivity contribution in [1.29, 1.82) is 0 Å². The van der Waals surface area contributed by atoms with Crippen LogP contribution in [0, 0.1) is 20.8 Å². The summed E-state index contributed by atoms with van der Waals surface area (Å²) in [7, 11) is -3.85. The minimum atomic E-state index is -3.85. The fraction of sp³-hybridized carbons (Fsp3) is 0.458. The summed E-state index contributed by atoms with van der Waals surface area (Å²) in [6.45, 7) is 10.9. The number of carbonyl (C=O) groups is 1. The van der Waals surface area contributed by atoms with E-state index < -0.39 is 10.0 Å². The van der Waals surface area contributed by atoms with Gasteiger partial charge >= 0.3 is 0 Å². The van der Waals surface area contributed by atoms with Crippen LogP contribution in [0.3, 0.4) is 0 Å². The molecule has 2 aliphatic rings. The van der Waals surface area contributed by atoms with Crippen molar-refractivity contribution in [3.05, 3.63) is 52.6 Å². The van der Waals surface area contributed by atoms with E-state index in [0.29, 0.717) is 43.1 Å². The normalized spacial score (nSPS) is 17.2. The summed E-state index contributed by atoms with van der Waals surface area (Å²) in [6, 6.07) is 8.90. The molecule has 1 amide bonds. The number of ether oxygens (including phenoxy) is 1. The quantitative estimate of drug-likeness (QED) is 0.694. The van der Waals surface area contributed by atoms with Gasteiger partial charge in [0.25, 0.3) is 15.9 Å². The monoisotopic (exact) mass is 472 g/mol. The van der Waals surface area contributed by atoms with Crippen molar-refractivity contribution in [2.24, 2.45) is 0 Å². The predicted octanol–water partition coefficient (Wildman–Crippen LogP) is 2.29. The molecule has 0 saturated carbocycles. The van der Waals surface area contributed by atoms with E-state index in [1.165, 1.54) is 0 Å². The predicted molar refractivity (Wildman–Crippen MR) is 130 cm³/mol. The minimum absolute atomic E-state index is 0.118. The van der Waals surface area contributed by atoms with E-state index in [4.69, 9.17) is 4.74 Å². The van der Waals surface area contributed by atoms with E-state index in [-0.39, 0.29) is 10.8 Å². The van der Waals surface area contributed by atoms with E-state index in [2.05, 4.69) is 14.9 Å². The molecule has 2 aromatic rings. The van der Waals surface area contributed by atoms with Crippen LogP contribution in [-0.2, 0) is 14.8 Å². The highest BCUT2D eigenvalue weighted by Gasteiger charge is 2.25. The second kappa shape index (κ2) is 9.70. The van der Waals surface area contributed by atoms with E-state index in [9.17, 15) is 13.2 Å². The van der Waals surface area contributed by atoms with Crippen molar-refractivity contribution in [3.63, 3.8) is 0 Å². The fourth-order valence-corrected chi connectivity index (χ4v) is 5.68. The third-order valence-electron chi connectivity index (χ3n) is 6.32. The third-order valence-corrected chi connectivity index (χ3v) is 7.83. The second-order valence-electron chi connectivity index (χ2n) is 8.68. The Morgan fingerprint density at radius 1 is 0.939 bits per heavy atom. The zero-order valence-corrected chi connectivity index (χ0v) is 20.3. The standard InChI is InChI=1S/C24H32N4O4S/c1-17-14-19(3)23(15-18(17)2)33(30,31)26-21-16-20(24(29)28-10-12-32-13-11-28)4-5-22(21)27-8-6-25-7-9-27/h4-5,14-16,25-26H,6-13H2,1-3H3. The first kappa shape index (κ1) is 23.5. The first-order valence-corrected chi connectivity index (χ1v) is 12.8. The lowest BCUT2D eigenvalue weighted by Gasteiger charge is -2.32. The molecule has 2 heterocycles. The van der Waals surface area contributed by atoms with Gasteiger partial charge < -0.3 is 19.9 Å². The van der Waals surface area contributed by atoms with Gasteiger partial charge in [-0.25, -0.2) is 8.42 Å². The number of morpholine rings is 1. The molecule has 4 rings (SSSR count). The molecule has 0 radical (unpaired) electrons. The van der Waals surface area contributed by atoms with Crippen LogP contribution in [0.5, 0.6) is 0 Å². The molecular weight excluding hydrogens is 440 g/mol. The summed E-state index contributed by atoms with van der Waals surface area (Å²) in [6.07, 6.45) is 0. The van der Waals surface area contributed by atoms with E-state index in [1.807, 2.05) is 26.0 Å². The lowest BCUT2D eigenvalue weighted by Crippen LogP contribution is -2.44. The van der Waals surface area contributed by atoms with Crippen molar-refractivity contribution in [3.8, 4) is 0 Å². The molecule has 0 spiro atoms. The highest BCUT2D eigenvalue weighted by molar-refractivity contribution is 7.92. The second-order valence-corrected chi connectivity index (χ2v) is 10.3. The van der Waals surface area contributed by atoms with Gasteiger partial charge in [0.05, 0.1) is 29.5 Å². The molecule has 0 aliphatic carbocycles. The van der Waals surface area contributed by atoms with Crippen LogP contribution < -0.4 is 14.9 Å². The van der Waals surface area contributed by atoms with Crippen LogP contribution in [-0.4, -0.2) is 71.7 Å².